The molecule has 0 aromatic heterocycles. The largest absolute Gasteiger partial charge is 0.381 e. The predicted octanol–water partition coefficient (Wildman–Crippen LogP) is 3.21. The number of carbonyl (C=O) groups excluding carboxylic acids is 2. The maximum absolute atomic E-state index is 12.7. The molecule has 2 aliphatic rings. The Morgan fingerprint density at radius 3 is 2.04 bits per heavy atom. The fourth-order valence-electron chi connectivity index (χ4n) is 3.66. The average Bonchev–Trinajstić information content (AvgIpc) is 2.99. The van der Waals surface area contributed by atoms with Crippen molar-refractivity contribution in [1.82, 2.24) is 4.90 Å². The second kappa shape index (κ2) is 10.6. The summed E-state index contributed by atoms with van der Waals surface area (Å²) in [4.78, 5) is 27.0. The van der Waals surface area contributed by atoms with Crippen molar-refractivity contribution in [1.29, 1.82) is 0 Å². The molecule has 28 heavy (non-hydrogen) atoms. The van der Waals surface area contributed by atoms with Crippen LogP contribution in [-0.2, 0) is 9.53 Å². The first-order valence-corrected chi connectivity index (χ1v) is 9.88. The van der Waals surface area contributed by atoms with Crippen molar-refractivity contribution in [3.63, 3.8) is 0 Å². The number of rotatable bonds is 4. The number of amides is 3. The highest BCUT2D eigenvalue weighted by molar-refractivity contribution is 5.96. The Morgan fingerprint density at radius 1 is 0.964 bits per heavy atom. The van der Waals surface area contributed by atoms with Crippen LogP contribution in [0.3, 0.4) is 0 Å². The molecular formula is C20H31ClN4O3. The van der Waals surface area contributed by atoms with Crippen molar-refractivity contribution in [3.8, 4) is 0 Å². The lowest BCUT2D eigenvalue weighted by molar-refractivity contribution is -0.130. The topological polar surface area (TPSA) is 96.7 Å². The van der Waals surface area contributed by atoms with E-state index in [1.807, 2.05) is 17.0 Å². The lowest BCUT2D eigenvalue weighted by atomic mass is 9.79. The lowest BCUT2D eigenvalue weighted by Gasteiger charge is -2.34. The zero-order chi connectivity index (χ0) is 19.1. The van der Waals surface area contributed by atoms with Crippen LogP contribution < -0.4 is 16.4 Å². The molecule has 0 spiro atoms. The second-order valence-corrected chi connectivity index (χ2v) is 7.46. The third-order valence-corrected chi connectivity index (χ3v) is 5.61. The fraction of sp³-hybridized carbons (Fsp3) is 0.600. The molecule has 2 aliphatic heterocycles. The van der Waals surface area contributed by atoms with E-state index in [0.717, 1.165) is 31.6 Å². The van der Waals surface area contributed by atoms with Gasteiger partial charge in [0.15, 0.2) is 0 Å². The van der Waals surface area contributed by atoms with Crippen molar-refractivity contribution < 1.29 is 14.3 Å². The number of benzene rings is 1. The molecule has 0 bridgehead atoms. The molecule has 1 aromatic rings. The zero-order valence-corrected chi connectivity index (χ0v) is 17.1. The van der Waals surface area contributed by atoms with E-state index in [-0.39, 0.29) is 24.3 Å². The molecule has 0 saturated carbocycles. The van der Waals surface area contributed by atoms with Gasteiger partial charge in [0.1, 0.15) is 0 Å². The van der Waals surface area contributed by atoms with Gasteiger partial charge in [0.05, 0.1) is 5.41 Å². The van der Waals surface area contributed by atoms with Crippen molar-refractivity contribution in [2.45, 2.75) is 38.5 Å². The van der Waals surface area contributed by atoms with Crippen LogP contribution in [0.5, 0.6) is 0 Å². The SMILES string of the molecule is Cl.NCC1(C(=O)Nc2ccc(NC(=O)N3CCCCCC3)cc2)CCOCC1. The summed E-state index contributed by atoms with van der Waals surface area (Å²) >= 11 is 0. The fourth-order valence-corrected chi connectivity index (χ4v) is 3.66. The maximum Gasteiger partial charge on any atom is 0.321 e. The Balaban J connectivity index is 0.00000280. The van der Waals surface area contributed by atoms with Gasteiger partial charge in [-0.3, -0.25) is 4.79 Å². The Hall–Kier alpha value is -1.83. The number of ether oxygens (including phenoxy) is 1. The molecule has 8 heteroatoms. The van der Waals surface area contributed by atoms with Gasteiger partial charge >= 0.3 is 6.03 Å². The predicted molar refractivity (Wildman–Crippen MR) is 113 cm³/mol. The summed E-state index contributed by atoms with van der Waals surface area (Å²) in [6, 6.07) is 7.17. The molecule has 3 rings (SSSR count). The van der Waals surface area contributed by atoms with Crippen LogP contribution in [0.25, 0.3) is 0 Å². The molecule has 7 nitrogen and oxygen atoms in total. The minimum Gasteiger partial charge on any atom is -0.381 e. The summed E-state index contributed by atoms with van der Waals surface area (Å²) < 4.78 is 5.36. The molecular weight excluding hydrogens is 380 g/mol. The number of halogens is 1. The van der Waals surface area contributed by atoms with Crippen LogP contribution in [0.1, 0.15) is 38.5 Å². The third kappa shape index (κ3) is 5.59. The van der Waals surface area contributed by atoms with Crippen molar-refractivity contribution >= 4 is 35.7 Å². The van der Waals surface area contributed by atoms with E-state index in [1.54, 1.807) is 12.1 Å². The molecule has 0 aliphatic carbocycles. The lowest BCUT2D eigenvalue weighted by Crippen LogP contribution is -2.46. The van der Waals surface area contributed by atoms with Crippen LogP contribution in [-0.4, -0.2) is 49.7 Å². The number of nitrogens with two attached hydrogens (primary N) is 1. The number of carbonyl (C=O) groups is 2. The monoisotopic (exact) mass is 410 g/mol. The minimum atomic E-state index is -0.558. The number of likely N-dealkylation sites (tertiary alicyclic amines) is 1. The van der Waals surface area contributed by atoms with Crippen molar-refractivity contribution in [2.24, 2.45) is 11.1 Å². The number of anilines is 2. The molecule has 0 radical (unpaired) electrons. The van der Waals surface area contributed by atoms with E-state index in [2.05, 4.69) is 10.6 Å². The molecule has 2 heterocycles. The van der Waals surface area contributed by atoms with Gasteiger partial charge in [-0.2, -0.15) is 0 Å². The summed E-state index contributed by atoms with van der Waals surface area (Å²) in [7, 11) is 0. The number of hydrogen-bond donors (Lipinski definition) is 3. The molecule has 0 atom stereocenters. The minimum absolute atomic E-state index is 0. The Kier molecular flexibility index (Phi) is 8.54. The number of urea groups is 1. The van der Waals surface area contributed by atoms with E-state index >= 15 is 0 Å². The number of hydrogen-bond acceptors (Lipinski definition) is 4. The van der Waals surface area contributed by atoms with E-state index in [0.29, 0.717) is 38.3 Å². The summed E-state index contributed by atoms with van der Waals surface area (Å²) in [5.41, 5.74) is 6.75. The first-order chi connectivity index (χ1) is 13.1. The number of nitrogens with one attached hydrogen (secondary N) is 2. The summed E-state index contributed by atoms with van der Waals surface area (Å²) in [6.07, 6.45) is 5.78. The average molecular weight is 411 g/mol. The quantitative estimate of drug-likeness (QED) is 0.709. The zero-order valence-electron chi connectivity index (χ0n) is 16.2. The van der Waals surface area contributed by atoms with Crippen LogP contribution in [0.4, 0.5) is 16.2 Å². The van der Waals surface area contributed by atoms with E-state index in [1.165, 1.54) is 12.8 Å². The van der Waals surface area contributed by atoms with E-state index < -0.39 is 5.41 Å². The smallest absolute Gasteiger partial charge is 0.321 e. The van der Waals surface area contributed by atoms with Crippen LogP contribution in [0.2, 0.25) is 0 Å². The molecule has 3 amide bonds. The van der Waals surface area contributed by atoms with Gasteiger partial charge < -0.3 is 26.0 Å². The van der Waals surface area contributed by atoms with Gasteiger partial charge in [-0.15, -0.1) is 12.4 Å². The summed E-state index contributed by atoms with van der Waals surface area (Å²) in [5, 5.41) is 5.90. The molecule has 1 aromatic carbocycles. The first-order valence-electron chi connectivity index (χ1n) is 9.88. The van der Waals surface area contributed by atoms with Gasteiger partial charge in [-0.25, -0.2) is 4.79 Å². The standard InChI is InChI=1S/C20H30N4O3.ClH/c21-15-20(9-13-27-14-10-20)18(25)22-16-5-7-17(8-6-16)23-19(26)24-11-3-1-2-4-12-24;/h5-8H,1-4,9-15,21H2,(H,22,25)(H,23,26);1H. The Labute approximate surface area is 172 Å². The highest BCUT2D eigenvalue weighted by Gasteiger charge is 2.38. The first kappa shape index (κ1) is 22.5. The highest BCUT2D eigenvalue weighted by atomic mass is 35.5. The van der Waals surface area contributed by atoms with E-state index in [4.69, 9.17) is 10.5 Å². The van der Waals surface area contributed by atoms with Crippen LogP contribution >= 0.6 is 12.4 Å². The van der Waals surface area contributed by atoms with Crippen LogP contribution in [0, 0.1) is 5.41 Å². The van der Waals surface area contributed by atoms with E-state index in [9.17, 15) is 9.59 Å². The van der Waals surface area contributed by atoms with Gasteiger partial charge in [0.25, 0.3) is 0 Å². The highest BCUT2D eigenvalue weighted by Crippen LogP contribution is 2.31. The molecule has 2 saturated heterocycles. The second-order valence-electron chi connectivity index (χ2n) is 7.46. The van der Waals surface area contributed by atoms with Crippen molar-refractivity contribution in [2.75, 3.05) is 43.5 Å². The Bertz CT molecular complexity index is 639. The maximum atomic E-state index is 12.7. The van der Waals surface area contributed by atoms with Gasteiger partial charge in [0.2, 0.25) is 5.91 Å². The molecule has 2 fully saturated rings. The molecule has 156 valence electrons. The molecule has 4 N–H and O–H groups in total. The number of nitrogens with zero attached hydrogens (tertiary/aromatic N) is 1. The normalized spacial score (nSPS) is 19.1. The van der Waals surface area contributed by atoms with Gasteiger partial charge in [-0.1, -0.05) is 12.8 Å². The van der Waals surface area contributed by atoms with Gasteiger partial charge in [-0.05, 0) is 49.9 Å². The third-order valence-electron chi connectivity index (χ3n) is 5.61. The van der Waals surface area contributed by atoms with Crippen molar-refractivity contribution in [3.05, 3.63) is 24.3 Å². The van der Waals surface area contributed by atoms with Gasteiger partial charge in [0, 0.05) is 44.2 Å². The van der Waals surface area contributed by atoms with Crippen LogP contribution in [0.15, 0.2) is 24.3 Å². The summed E-state index contributed by atoms with van der Waals surface area (Å²) in [5.74, 6) is -0.0605. The summed E-state index contributed by atoms with van der Waals surface area (Å²) in [6.45, 7) is 3.06. The Morgan fingerprint density at radius 2 is 1.50 bits per heavy atom. The molecule has 0 unspecified atom stereocenters.